The van der Waals surface area contributed by atoms with Gasteiger partial charge in [-0.25, -0.2) is 4.98 Å². The highest BCUT2D eigenvalue weighted by Crippen LogP contribution is 2.28. The summed E-state index contributed by atoms with van der Waals surface area (Å²) in [6.07, 6.45) is 4.19. The van der Waals surface area contributed by atoms with Crippen LogP contribution in [-0.4, -0.2) is 65.0 Å². The van der Waals surface area contributed by atoms with Gasteiger partial charge < -0.3 is 26.0 Å². The number of morpholine rings is 1. The predicted octanol–water partition coefficient (Wildman–Crippen LogP) is 1.37. The first-order valence-corrected chi connectivity index (χ1v) is 10.2. The van der Waals surface area contributed by atoms with Gasteiger partial charge in [-0.15, -0.1) is 5.10 Å². The lowest BCUT2D eigenvalue weighted by atomic mass is 10.1. The number of nitrogens with two attached hydrogens (primary N) is 1. The van der Waals surface area contributed by atoms with Crippen molar-refractivity contribution in [3.05, 3.63) is 30.5 Å². The fraction of sp³-hybridized carbons (Fsp3) is 0.450. The van der Waals surface area contributed by atoms with Crippen LogP contribution in [0, 0.1) is 0 Å². The molecule has 2 aliphatic rings. The molecule has 152 valence electrons. The first-order valence-electron chi connectivity index (χ1n) is 10.2. The van der Waals surface area contributed by atoms with E-state index in [-0.39, 0.29) is 5.95 Å². The number of fused-ring (bicyclic) bond motifs is 1. The molecule has 9 nitrogen and oxygen atoms in total. The standard InChI is InChI=1S/C20H26N8O/c21-20-25-19-16(14-3-5-17(23-12-14)27-8-10-29-11-9-27)4-6-18(28(19)26-20)24-15-2-1-7-22-13-15/h3-6,12,15,22,24H,1-2,7-11,13H2,(H2,21,26). The lowest BCUT2D eigenvalue weighted by molar-refractivity contribution is 0.122. The average molecular weight is 394 g/mol. The van der Waals surface area contributed by atoms with Crippen molar-refractivity contribution in [3.8, 4) is 11.1 Å². The Kier molecular flexibility index (Phi) is 4.91. The number of aromatic nitrogens is 4. The first-order chi connectivity index (χ1) is 14.3. The van der Waals surface area contributed by atoms with Crippen LogP contribution in [0.1, 0.15) is 12.8 Å². The number of pyridine rings is 2. The van der Waals surface area contributed by atoms with Gasteiger partial charge >= 0.3 is 0 Å². The normalized spacial score (nSPS) is 20.1. The van der Waals surface area contributed by atoms with Crippen LogP contribution in [-0.2, 0) is 4.74 Å². The molecule has 0 bridgehead atoms. The Hall–Kier alpha value is -2.91. The van der Waals surface area contributed by atoms with Gasteiger partial charge in [0.05, 0.1) is 13.2 Å². The zero-order chi connectivity index (χ0) is 19.6. The van der Waals surface area contributed by atoms with E-state index in [4.69, 9.17) is 10.5 Å². The average Bonchev–Trinajstić information content (AvgIpc) is 3.17. The number of ether oxygens (including phenoxy) is 1. The van der Waals surface area contributed by atoms with Gasteiger partial charge in [0.15, 0.2) is 5.65 Å². The van der Waals surface area contributed by atoms with Crippen molar-refractivity contribution in [1.29, 1.82) is 0 Å². The van der Waals surface area contributed by atoms with Gasteiger partial charge in [-0.2, -0.15) is 9.50 Å². The summed E-state index contributed by atoms with van der Waals surface area (Å²) in [5, 5.41) is 11.4. The number of piperidine rings is 1. The van der Waals surface area contributed by atoms with Crippen molar-refractivity contribution in [3.63, 3.8) is 0 Å². The molecule has 0 spiro atoms. The minimum atomic E-state index is 0.264. The van der Waals surface area contributed by atoms with Crippen molar-refractivity contribution >= 4 is 23.2 Å². The van der Waals surface area contributed by atoms with Crippen LogP contribution < -0.4 is 21.3 Å². The fourth-order valence-electron chi connectivity index (χ4n) is 4.02. The number of hydrogen-bond donors (Lipinski definition) is 3. The quantitative estimate of drug-likeness (QED) is 0.609. The largest absolute Gasteiger partial charge is 0.378 e. The SMILES string of the molecule is Nc1nc2c(-c3ccc(N4CCOCC4)nc3)ccc(NC3CCCNC3)n2n1. The van der Waals surface area contributed by atoms with E-state index in [9.17, 15) is 0 Å². The Morgan fingerprint density at radius 2 is 2.07 bits per heavy atom. The molecule has 0 radical (unpaired) electrons. The molecule has 0 saturated carbocycles. The van der Waals surface area contributed by atoms with E-state index in [1.165, 1.54) is 6.42 Å². The summed E-state index contributed by atoms with van der Waals surface area (Å²) in [6, 6.07) is 8.61. The maximum atomic E-state index is 5.94. The van der Waals surface area contributed by atoms with Crippen LogP contribution in [0.3, 0.4) is 0 Å². The third kappa shape index (κ3) is 3.70. The van der Waals surface area contributed by atoms with Crippen LogP contribution >= 0.6 is 0 Å². The molecule has 1 atom stereocenters. The van der Waals surface area contributed by atoms with Crippen molar-refractivity contribution < 1.29 is 4.74 Å². The molecule has 29 heavy (non-hydrogen) atoms. The van der Waals surface area contributed by atoms with Gasteiger partial charge in [-0.1, -0.05) is 0 Å². The molecule has 3 aromatic rings. The van der Waals surface area contributed by atoms with Gasteiger partial charge in [0.1, 0.15) is 11.6 Å². The number of nitrogen functional groups attached to an aromatic ring is 1. The van der Waals surface area contributed by atoms with E-state index in [1.54, 1.807) is 4.52 Å². The maximum Gasteiger partial charge on any atom is 0.240 e. The molecule has 5 rings (SSSR count). The molecule has 3 aromatic heterocycles. The lowest BCUT2D eigenvalue weighted by Gasteiger charge is -2.27. The number of anilines is 3. The molecule has 2 fully saturated rings. The minimum absolute atomic E-state index is 0.264. The van der Waals surface area contributed by atoms with E-state index in [1.807, 2.05) is 12.3 Å². The van der Waals surface area contributed by atoms with Gasteiger partial charge in [0, 0.05) is 43.0 Å². The van der Waals surface area contributed by atoms with Gasteiger partial charge in [0.2, 0.25) is 5.95 Å². The van der Waals surface area contributed by atoms with Crippen LogP contribution in [0.5, 0.6) is 0 Å². The third-order valence-electron chi connectivity index (χ3n) is 5.54. The van der Waals surface area contributed by atoms with E-state index in [2.05, 4.69) is 48.8 Å². The highest BCUT2D eigenvalue weighted by molar-refractivity contribution is 5.79. The molecular formula is C20H26N8O. The second-order valence-electron chi connectivity index (χ2n) is 7.53. The number of nitrogens with one attached hydrogen (secondary N) is 2. The van der Waals surface area contributed by atoms with Crippen LogP contribution in [0.4, 0.5) is 17.6 Å². The molecule has 0 aliphatic carbocycles. The molecular weight excluding hydrogens is 368 g/mol. The second kappa shape index (κ2) is 7.84. The zero-order valence-electron chi connectivity index (χ0n) is 16.3. The summed E-state index contributed by atoms with van der Waals surface area (Å²) < 4.78 is 7.22. The molecule has 4 N–H and O–H groups in total. The Bertz CT molecular complexity index is 974. The monoisotopic (exact) mass is 394 g/mol. The summed E-state index contributed by atoms with van der Waals surface area (Å²) >= 11 is 0. The maximum absolute atomic E-state index is 5.94. The minimum Gasteiger partial charge on any atom is -0.378 e. The molecule has 1 unspecified atom stereocenters. The third-order valence-corrected chi connectivity index (χ3v) is 5.54. The summed E-state index contributed by atoms with van der Waals surface area (Å²) in [7, 11) is 0. The van der Waals surface area contributed by atoms with Gasteiger partial charge in [0.25, 0.3) is 0 Å². The topological polar surface area (TPSA) is 106 Å². The van der Waals surface area contributed by atoms with Crippen molar-refractivity contribution in [2.24, 2.45) is 0 Å². The van der Waals surface area contributed by atoms with Crippen LogP contribution in [0.15, 0.2) is 30.5 Å². The molecule has 5 heterocycles. The Morgan fingerprint density at radius 1 is 1.17 bits per heavy atom. The Morgan fingerprint density at radius 3 is 2.83 bits per heavy atom. The predicted molar refractivity (Wildman–Crippen MR) is 113 cm³/mol. The summed E-state index contributed by atoms with van der Waals surface area (Å²) in [5.74, 6) is 2.14. The zero-order valence-corrected chi connectivity index (χ0v) is 16.3. The summed E-state index contributed by atoms with van der Waals surface area (Å²) in [6.45, 7) is 5.25. The molecule has 9 heteroatoms. The van der Waals surface area contributed by atoms with Crippen LogP contribution in [0.2, 0.25) is 0 Å². The molecule has 2 aliphatic heterocycles. The molecule has 0 amide bonds. The Balaban J connectivity index is 1.45. The van der Waals surface area contributed by atoms with E-state index >= 15 is 0 Å². The molecule has 0 aromatic carbocycles. The van der Waals surface area contributed by atoms with Crippen molar-refractivity contribution in [2.75, 3.05) is 55.3 Å². The lowest BCUT2D eigenvalue weighted by Crippen LogP contribution is -2.38. The smallest absolute Gasteiger partial charge is 0.240 e. The van der Waals surface area contributed by atoms with Gasteiger partial charge in [-0.3, -0.25) is 0 Å². The molecule has 2 saturated heterocycles. The second-order valence-corrected chi connectivity index (χ2v) is 7.53. The number of rotatable bonds is 4. The van der Waals surface area contributed by atoms with Gasteiger partial charge in [-0.05, 0) is 43.7 Å². The van der Waals surface area contributed by atoms with E-state index in [0.717, 1.165) is 74.2 Å². The Labute approximate surface area is 169 Å². The fourth-order valence-corrected chi connectivity index (χ4v) is 4.02. The number of nitrogens with zero attached hydrogens (tertiary/aromatic N) is 5. The highest BCUT2D eigenvalue weighted by atomic mass is 16.5. The summed E-state index contributed by atoms with van der Waals surface area (Å²) in [5.41, 5.74) is 8.63. The van der Waals surface area contributed by atoms with Crippen LogP contribution in [0.25, 0.3) is 16.8 Å². The van der Waals surface area contributed by atoms with E-state index < -0.39 is 0 Å². The highest BCUT2D eigenvalue weighted by Gasteiger charge is 2.18. The van der Waals surface area contributed by atoms with E-state index in [0.29, 0.717) is 6.04 Å². The summed E-state index contributed by atoms with van der Waals surface area (Å²) in [4.78, 5) is 11.4. The first kappa shape index (κ1) is 18.1. The number of hydrogen-bond acceptors (Lipinski definition) is 8. The van der Waals surface area contributed by atoms with Crippen molar-refractivity contribution in [1.82, 2.24) is 24.9 Å². The van der Waals surface area contributed by atoms with Crippen molar-refractivity contribution in [2.45, 2.75) is 18.9 Å².